The van der Waals surface area contributed by atoms with E-state index in [4.69, 9.17) is 10.5 Å². The first kappa shape index (κ1) is 27.0. The van der Waals surface area contributed by atoms with Crippen LogP contribution in [-0.4, -0.2) is 46.2 Å². The zero-order valence-electron chi connectivity index (χ0n) is 18.4. The quantitative estimate of drug-likeness (QED) is 0.459. The second kappa shape index (κ2) is 9.44. The number of primary amides is 1. The van der Waals surface area contributed by atoms with Crippen molar-refractivity contribution in [3.8, 4) is 5.75 Å². The molecule has 0 spiro atoms. The van der Waals surface area contributed by atoms with Crippen LogP contribution in [0.2, 0.25) is 0 Å². The normalized spacial score (nSPS) is 24.8. The van der Waals surface area contributed by atoms with Crippen LogP contribution in [0.5, 0.6) is 5.75 Å². The van der Waals surface area contributed by atoms with E-state index in [1.165, 1.54) is 0 Å². The largest absolute Gasteiger partial charge is 0.431 e. The third-order valence-corrected chi connectivity index (χ3v) is 5.97. The van der Waals surface area contributed by atoms with Gasteiger partial charge in [-0.05, 0) is 25.1 Å². The lowest BCUT2D eigenvalue weighted by Gasteiger charge is -2.32. The molecule has 2 heterocycles. The lowest BCUT2D eigenvalue weighted by Crippen LogP contribution is -2.47. The number of ether oxygens (including phenoxy) is 2. The maximum atomic E-state index is 14.4. The monoisotopic (exact) mass is 525 g/mol. The molecule has 3 rings (SSSR count). The van der Waals surface area contributed by atoms with E-state index in [2.05, 4.69) is 9.73 Å². The number of aromatic nitrogens is 1. The zero-order chi connectivity index (χ0) is 27.2. The molecular weight excluding hydrogens is 507 g/mol. The number of benzene rings is 1. The van der Waals surface area contributed by atoms with Gasteiger partial charge in [0, 0.05) is 23.6 Å². The summed E-state index contributed by atoms with van der Waals surface area (Å²) in [5.41, 5.74) is 0.832. The van der Waals surface area contributed by atoms with Crippen molar-refractivity contribution in [1.82, 2.24) is 4.73 Å². The number of hydrogen-bond donors (Lipinski definition) is 2. The second-order valence-electron chi connectivity index (χ2n) is 8.04. The van der Waals surface area contributed by atoms with Gasteiger partial charge in [0.05, 0.1) is 5.36 Å². The fourth-order valence-electron chi connectivity index (χ4n) is 3.95. The van der Waals surface area contributed by atoms with Crippen LogP contribution in [0.15, 0.2) is 35.5 Å². The summed E-state index contributed by atoms with van der Waals surface area (Å²) in [5.74, 6) is -10.9. The van der Waals surface area contributed by atoms with Crippen LogP contribution in [0, 0.1) is 17.6 Å². The molecule has 0 saturated carbocycles. The Morgan fingerprint density at radius 3 is 2.44 bits per heavy atom. The van der Waals surface area contributed by atoms with Crippen molar-refractivity contribution in [2.24, 2.45) is 16.6 Å². The number of nitrogens with zero attached hydrogens (tertiary/aromatic N) is 2. The summed E-state index contributed by atoms with van der Waals surface area (Å²) in [6.45, 7) is -2.08. The van der Waals surface area contributed by atoms with Gasteiger partial charge in [0.2, 0.25) is 5.82 Å². The zero-order valence-corrected chi connectivity index (χ0v) is 18.4. The molecule has 2 amide bonds. The number of halogens is 7. The highest BCUT2D eigenvalue weighted by molar-refractivity contribution is 5.91. The van der Waals surface area contributed by atoms with Gasteiger partial charge in [0.1, 0.15) is 11.8 Å². The highest BCUT2D eigenvalue weighted by Crippen LogP contribution is 2.55. The Bertz CT molecular complexity index is 1260. The summed E-state index contributed by atoms with van der Waals surface area (Å²) in [5, 5.41) is 9.25. The number of rotatable bonds is 5. The van der Waals surface area contributed by atoms with E-state index < -0.39 is 76.8 Å². The minimum atomic E-state index is -5.09. The standard InChI is InChI=1S/C21H18F7N3O5/c1-8-13(10-3-4-11(22)14(23)15(10)35-19(24)25)16(36-20(8,2)21(26,27)28)18(33)30-9-5-6-31(34)12(7-9)17(29)32/h3-8,13,16,19,34H,1-2H3,(H2,29,32)/t8-,13+,16+,20-/m0/s1. The first-order valence-electron chi connectivity index (χ1n) is 10.1. The first-order valence-corrected chi connectivity index (χ1v) is 10.1. The van der Waals surface area contributed by atoms with Crippen LogP contribution in [0.3, 0.4) is 0 Å². The van der Waals surface area contributed by atoms with Gasteiger partial charge in [0.15, 0.2) is 17.2 Å². The SMILES string of the molecule is C[C@H]1[C@H](c2ccc(F)c(F)c2OC(F)F)[C@H](C(=O)N=c2ccn(O)c(C(N)=O)c2)O[C@]1(C)C(F)(F)F. The molecule has 0 bridgehead atoms. The highest BCUT2D eigenvalue weighted by Gasteiger charge is 2.66. The molecule has 1 aromatic heterocycles. The van der Waals surface area contributed by atoms with E-state index in [1.807, 2.05) is 0 Å². The molecular formula is C21H18F7N3O5. The molecule has 1 saturated heterocycles. The number of carbonyl (C=O) groups excluding carboxylic acids is 2. The average molecular weight is 525 g/mol. The summed E-state index contributed by atoms with van der Waals surface area (Å²) >= 11 is 0. The number of hydrogen-bond acceptors (Lipinski definition) is 5. The van der Waals surface area contributed by atoms with Crippen LogP contribution in [0.25, 0.3) is 0 Å². The molecule has 1 aliphatic rings. The van der Waals surface area contributed by atoms with Gasteiger partial charge >= 0.3 is 12.8 Å². The molecule has 1 fully saturated rings. The van der Waals surface area contributed by atoms with Gasteiger partial charge in [-0.1, -0.05) is 13.0 Å². The molecule has 15 heteroatoms. The Balaban J connectivity index is 2.20. The molecule has 1 aliphatic heterocycles. The summed E-state index contributed by atoms with van der Waals surface area (Å²) in [6.07, 6.45) is -6.35. The molecule has 0 unspecified atom stereocenters. The van der Waals surface area contributed by atoms with Gasteiger partial charge in [-0.15, -0.1) is 0 Å². The Labute approximate surface area is 197 Å². The van der Waals surface area contributed by atoms with E-state index >= 15 is 0 Å². The van der Waals surface area contributed by atoms with Crippen LogP contribution >= 0.6 is 0 Å². The van der Waals surface area contributed by atoms with E-state index in [0.717, 1.165) is 25.3 Å². The Morgan fingerprint density at radius 1 is 1.25 bits per heavy atom. The maximum Gasteiger partial charge on any atom is 0.417 e. The number of alkyl halides is 5. The van der Waals surface area contributed by atoms with Crippen molar-refractivity contribution in [3.63, 3.8) is 0 Å². The summed E-state index contributed by atoms with van der Waals surface area (Å²) in [6, 6.07) is 3.04. The molecule has 2 aromatic rings. The molecule has 196 valence electrons. The minimum absolute atomic E-state index is 0.304. The van der Waals surface area contributed by atoms with E-state index in [9.17, 15) is 45.5 Å². The predicted octanol–water partition coefficient (Wildman–Crippen LogP) is 3.27. The lowest BCUT2D eigenvalue weighted by atomic mass is 9.77. The van der Waals surface area contributed by atoms with Crippen LogP contribution in [-0.2, 0) is 9.53 Å². The van der Waals surface area contributed by atoms with Crippen molar-refractivity contribution >= 4 is 11.8 Å². The van der Waals surface area contributed by atoms with Crippen LogP contribution in [0.4, 0.5) is 30.7 Å². The van der Waals surface area contributed by atoms with E-state index in [0.29, 0.717) is 23.8 Å². The van der Waals surface area contributed by atoms with Crippen molar-refractivity contribution in [2.45, 2.75) is 44.3 Å². The fraction of sp³-hybridized carbons (Fsp3) is 0.381. The minimum Gasteiger partial charge on any atom is -0.431 e. The van der Waals surface area contributed by atoms with Crippen molar-refractivity contribution < 1.29 is 55.0 Å². The topological polar surface area (TPSA) is 116 Å². The molecule has 3 N–H and O–H groups in total. The number of pyridine rings is 1. The highest BCUT2D eigenvalue weighted by atomic mass is 19.4. The number of carbonyl (C=O) groups is 2. The first-order chi connectivity index (χ1) is 16.6. The second-order valence-corrected chi connectivity index (χ2v) is 8.04. The third-order valence-electron chi connectivity index (χ3n) is 5.97. The summed E-state index contributed by atoms with van der Waals surface area (Å²) < 4.78 is 105. The Kier molecular flexibility index (Phi) is 7.08. The predicted molar refractivity (Wildman–Crippen MR) is 105 cm³/mol. The smallest absolute Gasteiger partial charge is 0.417 e. The van der Waals surface area contributed by atoms with Crippen LogP contribution < -0.4 is 15.8 Å². The van der Waals surface area contributed by atoms with Crippen molar-refractivity contribution in [1.29, 1.82) is 0 Å². The Hall–Kier alpha value is -3.62. The third kappa shape index (κ3) is 4.74. The van der Waals surface area contributed by atoms with Gasteiger partial charge in [-0.25, -0.2) is 9.38 Å². The van der Waals surface area contributed by atoms with Gasteiger partial charge in [-0.2, -0.15) is 31.1 Å². The number of nitrogens with two attached hydrogens (primary N) is 1. The molecule has 0 aliphatic carbocycles. The van der Waals surface area contributed by atoms with Gasteiger partial charge < -0.3 is 20.4 Å². The molecule has 1 aromatic carbocycles. The van der Waals surface area contributed by atoms with Crippen LogP contribution in [0.1, 0.15) is 35.8 Å². The summed E-state index contributed by atoms with van der Waals surface area (Å²) in [4.78, 5) is 28.0. The van der Waals surface area contributed by atoms with E-state index in [1.54, 1.807) is 0 Å². The average Bonchev–Trinajstić information content (AvgIpc) is 3.04. The molecule has 4 atom stereocenters. The summed E-state index contributed by atoms with van der Waals surface area (Å²) in [7, 11) is 0. The van der Waals surface area contributed by atoms with Gasteiger partial charge in [-0.3, -0.25) is 9.59 Å². The maximum absolute atomic E-state index is 14.4. The molecule has 0 radical (unpaired) electrons. The van der Waals surface area contributed by atoms with E-state index in [-0.39, 0.29) is 5.36 Å². The lowest BCUT2D eigenvalue weighted by molar-refractivity contribution is -0.272. The van der Waals surface area contributed by atoms with Crippen molar-refractivity contribution in [3.05, 3.63) is 58.7 Å². The number of amides is 2. The molecule has 36 heavy (non-hydrogen) atoms. The fourth-order valence-corrected chi connectivity index (χ4v) is 3.95. The van der Waals surface area contributed by atoms with Gasteiger partial charge in [0.25, 0.3) is 11.8 Å². The molecule has 8 nitrogen and oxygen atoms in total. The Morgan fingerprint density at radius 2 is 1.89 bits per heavy atom. The van der Waals surface area contributed by atoms with Crippen molar-refractivity contribution in [2.75, 3.05) is 0 Å².